The Morgan fingerprint density at radius 3 is 2.61 bits per heavy atom. The lowest BCUT2D eigenvalue weighted by Crippen LogP contribution is -2.11. The van der Waals surface area contributed by atoms with Gasteiger partial charge in [0.1, 0.15) is 12.1 Å². The maximum absolute atomic E-state index is 5.99. The molecular formula is C22H18N6. The molecule has 0 saturated heterocycles. The monoisotopic (exact) mass is 366 g/mol. The zero-order chi connectivity index (χ0) is 19.1. The lowest BCUT2D eigenvalue weighted by Gasteiger charge is -2.18. The van der Waals surface area contributed by atoms with E-state index in [0.717, 1.165) is 33.1 Å². The van der Waals surface area contributed by atoms with E-state index in [4.69, 9.17) is 10.7 Å². The summed E-state index contributed by atoms with van der Waals surface area (Å²) in [6.45, 7) is 2.10. The Bertz CT molecular complexity index is 1290. The van der Waals surface area contributed by atoms with E-state index in [2.05, 4.69) is 46.3 Å². The smallest absolute Gasteiger partial charge is 0.163 e. The van der Waals surface area contributed by atoms with Crippen molar-refractivity contribution in [2.24, 2.45) is 0 Å². The molecule has 3 heterocycles. The summed E-state index contributed by atoms with van der Waals surface area (Å²) in [6.07, 6.45) is 3.19. The number of hydrogen-bond acceptors (Lipinski definition) is 5. The molecule has 0 aliphatic rings. The van der Waals surface area contributed by atoms with Crippen LogP contribution in [0.15, 0.2) is 73.2 Å². The molecule has 5 aromatic rings. The van der Waals surface area contributed by atoms with Crippen molar-refractivity contribution in [1.82, 2.24) is 24.7 Å². The molecule has 6 nitrogen and oxygen atoms in total. The van der Waals surface area contributed by atoms with Gasteiger partial charge in [-0.05, 0) is 19.1 Å². The third kappa shape index (κ3) is 2.58. The number of nitrogen functional groups attached to an aromatic ring is 1. The number of rotatable bonds is 3. The summed E-state index contributed by atoms with van der Waals surface area (Å²) in [5, 5.41) is 6.40. The van der Waals surface area contributed by atoms with Crippen LogP contribution in [0, 0.1) is 0 Å². The molecular weight excluding hydrogens is 348 g/mol. The summed E-state index contributed by atoms with van der Waals surface area (Å²) in [5.41, 5.74) is 10.8. The van der Waals surface area contributed by atoms with Crippen LogP contribution in [0.4, 0.5) is 5.82 Å². The second-order valence-electron chi connectivity index (χ2n) is 6.75. The van der Waals surface area contributed by atoms with Gasteiger partial charge in [-0.15, -0.1) is 0 Å². The van der Waals surface area contributed by atoms with Crippen molar-refractivity contribution in [3.8, 4) is 11.3 Å². The van der Waals surface area contributed by atoms with Crippen LogP contribution < -0.4 is 5.73 Å². The predicted molar refractivity (Wildman–Crippen MR) is 111 cm³/mol. The van der Waals surface area contributed by atoms with Crippen molar-refractivity contribution >= 4 is 27.8 Å². The molecule has 3 aromatic heterocycles. The zero-order valence-corrected chi connectivity index (χ0v) is 15.3. The fraction of sp³-hybridized carbons (Fsp3) is 0.0909. The molecule has 28 heavy (non-hydrogen) atoms. The molecule has 1 atom stereocenters. The van der Waals surface area contributed by atoms with Crippen molar-refractivity contribution in [1.29, 1.82) is 0 Å². The van der Waals surface area contributed by atoms with E-state index in [9.17, 15) is 0 Å². The van der Waals surface area contributed by atoms with Gasteiger partial charge in [0.25, 0.3) is 0 Å². The Labute approximate surface area is 161 Å². The van der Waals surface area contributed by atoms with Crippen LogP contribution in [-0.4, -0.2) is 24.7 Å². The summed E-state index contributed by atoms with van der Waals surface area (Å²) in [5.74, 6) is 0.434. The number of para-hydroxylation sites is 1. The van der Waals surface area contributed by atoms with E-state index < -0.39 is 0 Å². The summed E-state index contributed by atoms with van der Waals surface area (Å²) in [7, 11) is 0. The van der Waals surface area contributed by atoms with Crippen LogP contribution in [0.1, 0.15) is 18.5 Å². The Hall–Kier alpha value is -3.80. The molecule has 2 N–H and O–H groups in total. The molecule has 0 radical (unpaired) electrons. The highest BCUT2D eigenvalue weighted by atomic mass is 15.3. The third-order valence-electron chi connectivity index (χ3n) is 5.04. The molecule has 0 fully saturated rings. The molecule has 5 rings (SSSR count). The van der Waals surface area contributed by atoms with Gasteiger partial charge >= 0.3 is 0 Å². The highest BCUT2D eigenvalue weighted by Gasteiger charge is 2.20. The van der Waals surface area contributed by atoms with Crippen LogP contribution in [0.2, 0.25) is 0 Å². The van der Waals surface area contributed by atoms with Gasteiger partial charge in [0.2, 0.25) is 0 Å². The van der Waals surface area contributed by atoms with E-state index in [0.29, 0.717) is 11.5 Å². The predicted octanol–water partition coefficient (Wildman–Crippen LogP) is 4.23. The third-order valence-corrected chi connectivity index (χ3v) is 5.04. The first-order valence-corrected chi connectivity index (χ1v) is 9.11. The average molecular weight is 366 g/mol. The molecule has 6 heteroatoms. The lowest BCUT2D eigenvalue weighted by molar-refractivity contribution is 0.579. The summed E-state index contributed by atoms with van der Waals surface area (Å²) in [6, 6.07) is 20.5. The standard InChI is InChI=1S/C22H18N6/c1-14(28-22-18(12-26-28)21(23)24-13-25-22)17-11-16-9-5-6-10-19(16)27-20(17)15-7-3-2-4-8-15/h2-14H,1H3,(H2,23,24,25). The number of anilines is 1. The Balaban J connectivity index is 1.75. The molecule has 0 amide bonds. The number of aromatic nitrogens is 5. The normalized spacial score (nSPS) is 12.5. The molecule has 0 spiro atoms. The fourth-order valence-corrected chi connectivity index (χ4v) is 3.57. The molecule has 2 aromatic carbocycles. The average Bonchev–Trinajstić information content (AvgIpc) is 3.18. The number of benzene rings is 2. The number of hydrogen-bond donors (Lipinski definition) is 1. The van der Waals surface area contributed by atoms with Gasteiger partial charge in [-0.2, -0.15) is 5.10 Å². The first kappa shape index (κ1) is 16.4. The van der Waals surface area contributed by atoms with Crippen LogP contribution in [-0.2, 0) is 0 Å². The highest BCUT2D eigenvalue weighted by Crippen LogP contribution is 2.33. The molecule has 0 aliphatic heterocycles. The molecule has 0 aliphatic carbocycles. The van der Waals surface area contributed by atoms with Crippen LogP contribution >= 0.6 is 0 Å². The Morgan fingerprint density at radius 2 is 1.75 bits per heavy atom. The summed E-state index contributed by atoms with van der Waals surface area (Å²) < 4.78 is 1.88. The number of pyridine rings is 1. The van der Waals surface area contributed by atoms with E-state index >= 15 is 0 Å². The maximum Gasteiger partial charge on any atom is 0.163 e. The number of nitrogens with zero attached hydrogens (tertiary/aromatic N) is 5. The SMILES string of the molecule is CC(c1cc2ccccc2nc1-c1ccccc1)n1ncc2c(N)ncnc21. The van der Waals surface area contributed by atoms with E-state index in [1.165, 1.54) is 6.33 Å². The Kier molecular flexibility index (Phi) is 3.76. The summed E-state index contributed by atoms with van der Waals surface area (Å²) >= 11 is 0. The molecule has 0 bridgehead atoms. The van der Waals surface area contributed by atoms with Gasteiger partial charge in [-0.25, -0.2) is 19.6 Å². The van der Waals surface area contributed by atoms with Crippen molar-refractivity contribution in [2.75, 3.05) is 5.73 Å². The second kappa shape index (κ2) is 6.42. The van der Waals surface area contributed by atoms with Crippen LogP contribution in [0.5, 0.6) is 0 Å². The van der Waals surface area contributed by atoms with E-state index in [1.54, 1.807) is 6.20 Å². The van der Waals surface area contributed by atoms with Crippen molar-refractivity contribution < 1.29 is 0 Å². The van der Waals surface area contributed by atoms with Gasteiger partial charge in [-0.1, -0.05) is 48.5 Å². The van der Waals surface area contributed by atoms with Crippen LogP contribution in [0.25, 0.3) is 33.2 Å². The second-order valence-corrected chi connectivity index (χ2v) is 6.75. The van der Waals surface area contributed by atoms with Crippen molar-refractivity contribution in [3.05, 3.63) is 78.8 Å². The van der Waals surface area contributed by atoms with Gasteiger partial charge in [0.15, 0.2) is 5.65 Å². The van der Waals surface area contributed by atoms with Gasteiger partial charge < -0.3 is 5.73 Å². The minimum atomic E-state index is -0.0842. The van der Waals surface area contributed by atoms with E-state index in [-0.39, 0.29) is 6.04 Å². The van der Waals surface area contributed by atoms with Gasteiger partial charge in [0.05, 0.1) is 28.8 Å². The maximum atomic E-state index is 5.99. The minimum absolute atomic E-state index is 0.0842. The summed E-state index contributed by atoms with van der Waals surface area (Å²) in [4.78, 5) is 13.4. The first-order chi connectivity index (χ1) is 13.7. The first-order valence-electron chi connectivity index (χ1n) is 9.11. The largest absolute Gasteiger partial charge is 0.383 e. The fourth-order valence-electron chi connectivity index (χ4n) is 3.57. The van der Waals surface area contributed by atoms with Gasteiger partial charge in [0, 0.05) is 16.5 Å². The highest BCUT2D eigenvalue weighted by molar-refractivity contribution is 5.86. The molecule has 0 saturated carbocycles. The van der Waals surface area contributed by atoms with Crippen molar-refractivity contribution in [3.63, 3.8) is 0 Å². The molecule has 136 valence electrons. The van der Waals surface area contributed by atoms with Crippen LogP contribution in [0.3, 0.4) is 0 Å². The minimum Gasteiger partial charge on any atom is -0.383 e. The zero-order valence-electron chi connectivity index (χ0n) is 15.3. The molecule has 1 unspecified atom stereocenters. The van der Waals surface area contributed by atoms with Crippen molar-refractivity contribution in [2.45, 2.75) is 13.0 Å². The number of nitrogens with two attached hydrogens (primary N) is 1. The van der Waals surface area contributed by atoms with Gasteiger partial charge in [-0.3, -0.25) is 0 Å². The topological polar surface area (TPSA) is 82.5 Å². The lowest BCUT2D eigenvalue weighted by atomic mass is 9.98. The Morgan fingerprint density at radius 1 is 0.964 bits per heavy atom. The van der Waals surface area contributed by atoms with E-state index in [1.807, 2.05) is 41.1 Å². The number of fused-ring (bicyclic) bond motifs is 2. The quantitative estimate of drug-likeness (QED) is 0.516.